The van der Waals surface area contributed by atoms with E-state index in [0.29, 0.717) is 23.7 Å². The van der Waals surface area contributed by atoms with Crippen molar-refractivity contribution in [3.63, 3.8) is 0 Å². The van der Waals surface area contributed by atoms with Gasteiger partial charge in [-0.15, -0.1) is 12.4 Å². The molecule has 5 nitrogen and oxygen atoms in total. The Balaban J connectivity index is 0.00000210. The maximum absolute atomic E-state index is 14.8. The van der Waals surface area contributed by atoms with Crippen molar-refractivity contribution in [1.29, 1.82) is 5.26 Å². The lowest BCUT2D eigenvalue weighted by molar-refractivity contribution is 0.0600. The number of methoxy groups -OCH3 is 1. The van der Waals surface area contributed by atoms with Gasteiger partial charge < -0.3 is 10.1 Å². The fourth-order valence-electron chi connectivity index (χ4n) is 3.55. The van der Waals surface area contributed by atoms with E-state index in [1.807, 2.05) is 0 Å². The lowest BCUT2D eigenvalue weighted by Gasteiger charge is -2.23. The quantitative estimate of drug-likeness (QED) is 0.816. The average molecular weight is 388 g/mol. The molecule has 1 aromatic heterocycles. The van der Waals surface area contributed by atoms with Gasteiger partial charge in [0.15, 0.2) is 0 Å². The molecule has 0 spiro atoms. The van der Waals surface area contributed by atoms with Crippen molar-refractivity contribution in [3.8, 4) is 17.3 Å². The molecule has 7 heteroatoms. The van der Waals surface area contributed by atoms with Crippen LogP contribution in [0.25, 0.3) is 11.3 Å². The number of nitrogens with one attached hydrogen (secondary N) is 1. The van der Waals surface area contributed by atoms with E-state index >= 15 is 0 Å². The van der Waals surface area contributed by atoms with Crippen molar-refractivity contribution in [3.05, 3.63) is 52.0 Å². The van der Waals surface area contributed by atoms with Crippen molar-refractivity contribution in [1.82, 2.24) is 10.3 Å². The predicted octanol–water partition coefficient (Wildman–Crippen LogP) is 3.49. The summed E-state index contributed by atoms with van der Waals surface area (Å²) in [6, 6.07) is 6.39. The number of benzene rings is 1. The summed E-state index contributed by atoms with van der Waals surface area (Å²) >= 11 is 0. The van der Waals surface area contributed by atoms with Crippen LogP contribution in [0.2, 0.25) is 0 Å². The number of rotatable bonds is 3. The van der Waals surface area contributed by atoms with E-state index in [1.165, 1.54) is 19.2 Å². The number of halogens is 2. The molecule has 0 unspecified atom stereocenters. The Hall–Kier alpha value is -2.49. The highest BCUT2D eigenvalue weighted by molar-refractivity contribution is 5.90. The first-order valence-electron chi connectivity index (χ1n) is 8.68. The van der Waals surface area contributed by atoms with Crippen molar-refractivity contribution >= 4 is 18.4 Å². The van der Waals surface area contributed by atoms with E-state index in [2.05, 4.69) is 16.1 Å². The van der Waals surface area contributed by atoms with Gasteiger partial charge in [-0.3, -0.25) is 4.98 Å². The highest BCUT2D eigenvalue weighted by Crippen LogP contribution is 2.44. The van der Waals surface area contributed by atoms with Crippen LogP contribution in [0.3, 0.4) is 0 Å². The van der Waals surface area contributed by atoms with Crippen LogP contribution in [-0.2, 0) is 17.7 Å². The molecule has 1 saturated carbocycles. The molecular weight excluding hydrogens is 369 g/mol. The van der Waals surface area contributed by atoms with Gasteiger partial charge in [-0.2, -0.15) is 5.26 Å². The van der Waals surface area contributed by atoms with E-state index in [-0.39, 0.29) is 23.5 Å². The minimum atomic E-state index is -0.598. The summed E-state index contributed by atoms with van der Waals surface area (Å²) in [6.07, 6.45) is 2.89. The maximum atomic E-state index is 14.8. The first-order chi connectivity index (χ1) is 12.6. The molecule has 0 radical (unpaired) electrons. The fraction of sp³-hybridized carbons (Fsp3) is 0.350. The van der Waals surface area contributed by atoms with E-state index in [9.17, 15) is 14.4 Å². The zero-order valence-electron chi connectivity index (χ0n) is 14.8. The van der Waals surface area contributed by atoms with Crippen molar-refractivity contribution in [2.75, 3.05) is 13.7 Å². The molecule has 27 heavy (non-hydrogen) atoms. The summed E-state index contributed by atoms with van der Waals surface area (Å²) in [7, 11) is 1.25. The van der Waals surface area contributed by atoms with Crippen molar-refractivity contribution in [2.45, 2.75) is 31.7 Å². The molecule has 4 rings (SSSR count). The summed E-state index contributed by atoms with van der Waals surface area (Å²) in [4.78, 5) is 16.3. The van der Waals surface area contributed by atoms with E-state index in [0.717, 1.165) is 48.7 Å². The van der Waals surface area contributed by atoms with Gasteiger partial charge in [-0.1, -0.05) is 0 Å². The molecule has 1 aromatic carbocycles. The Morgan fingerprint density at radius 3 is 2.78 bits per heavy atom. The summed E-state index contributed by atoms with van der Waals surface area (Å²) in [5.74, 6) is -0.779. The molecule has 1 aliphatic heterocycles. The number of esters is 1. The first kappa shape index (κ1) is 19.3. The van der Waals surface area contributed by atoms with Crippen LogP contribution in [0.4, 0.5) is 4.39 Å². The standard InChI is InChI=1S/C20H18FN3O2.ClH/c1-26-20(25)12-4-5-14(17(21)8-12)19-15(9-22)13-6-7-23-10-16(13)18(24-19)11-2-3-11;/h4-5,8,11,23H,2-3,6-7,10H2,1H3;1H. The van der Waals surface area contributed by atoms with Crippen LogP contribution in [0, 0.1) is 17.1 Å². The number of ether oxygens (including phenoxy) is 1. The van der Waals surface area contributed by atoms with Gasteiger partial charge in [0.25, 0.3) is 0 Å². The summed E-state index contributed by atoms with van der Waals surface area (Å²) < 4.78 is 19.4. The number of aromatic nitrogens is 1. The molecule has 1 fully saturated rings. The number of carbonyl (C=O) groups is 1. The fourth-order valence-corrected chi connectivity index (χ4v) is 3.55. The molecule has 0 amide bonds. The normalized spacial score (nSPS) is 15.3. The molecule has 0 bridgehead atoms. The first-order valence-corrected chi connectivity index (χ1v) is 8.68. The monoisotopic (exact) mass is 387 g/mol. The maximum Gasteiger partial charge on any atom is 0.337 e. The lowest BCUT2D eigenvalue weighted by atomic mass is 9.90. The summed E-state index contributed by atoms with van der Waals surface area (Å²) in [6.45, 7) is 1.49. The molecule has 0 saturated heterocycles. The summed E-state index contributed by atoms with van der Waals surface area (Å²) in [5.41, 5.74) is 4.27. The van der Waals surface area contributed by atoms with Crippen molar-refractivity contribution < 1.29 is 13.9 Å². The minimum Gasteiger partial charge on any atom is -0.465 e. The van der Waals surface area contributed by atoms with Crippen LogP contribution >= 0.6 is 12.4 Å². The number of fused-ring (bicyclic) bond motifs is 1. The van der Waals surface area contributed by atoms with Gasteiger partial charge in [0.05, 0.1) is 23.9 Å². The van der Waals surface area contributed by atoms with Crippen LogP contribution in [0.1, 0.15) is 51.5 Å². The Kier molecular flexibility index (Phi) is 5.45. The molecular formula is C20H19ClFN3O2. The minimum absolute atomic E-state index is 0. The Morgan fingerprint density at radius 2 is 2.15 bits per heavy atom. The number of carbonyl (C=O) groups excluding carboxylic acids is 1. The predicted molar refractivity (Wildman–Crippen MR) is 100 cm³/mol. The van der Waals surface area contributed by atoms with Crippen LogP contribution in [0.15, 0.2) is 18.2 Å². The zero-order chi connectivity index (χ0) is 18.3. The number of nitrogens with zero attached hydrogens (tertiary/aromatic N) is 2. The van der Waals surface area contributed by atoms with E-state index in [1.54, 1.807) is 0 Å². The van der Waals surface area contributed by atoms with Crippen LogP contribution < -0.4 is 5.32 Å². The van der Waals surface area contributed by atoms with Gasteiger partial charge in [0.2, 0.25) is 0 Å². The molecule has 1 N–H and O–H groups in total. The van der Waals surface area contributed by atoms with Crippen LogP contribution in [-0.4, -0.2) is 24.6 Å². The van der Waals surface area contributed by atoms with Gasteiger partial charge >= 0.3 is 5.97 Å². The SMILES string of the molecule is COC(=O)c1ccc(-c2nc(C3CC3)c3c(c2C#N)CCNC3)c(F)c1.Cl. The molecule has 0 atom stereocenters. The third kappa shape index (κ3) is 3.41. The third-order valence-corrected chi connectivity index (χ3v) is 5.02. The van der Waals surface area contributed by atoms with Gasteiger partial charge in [-0.05, 0) is 55.1 Å². The molecule has 2 aromatic rings. The second-order valence-corrected chi connectivity index (χ2v) is 6.68. The van der Waals surface area contributed by atoms with E-state index in [4.69, 9.17) is 4.98 Å². The number of hydrogen-bond acceptors (Lipinski definition) is 5. The van der Waals surface area contributed by atoms with Crippen LogP contribution in [0.5, 0.6) is 0 Å². The second-order valence-electron chi connectivity index (χ2n) is 6.68. The Morgan fingerprint density at radius 1 is 1.37 bits per heavy atom. The summed E-state index contributed by atoms with van der Waals surface area (Å²) in [5, 5.41) is 13.1. The van der Waals surface area contributed by atoms with Gasteiger partial charge in [0.1, 0.15) is 11.9 Å². The number of pyridine rings is 1. The third-order valence-electron chi connectivity index (χ3n) is 5.02. The lowest BCUT2D eigenvalue weighted by Crippen LogP contribution is -2.26. The highest BCUT2D eigenvalue weighted by Gasteiger charge is 2.32. The largest absolute Gasteiger partial charge is 0.465 e. The van der Waals surface area contributed by atoms with Gasteiger partial charge in [-0.25, -0.2) is 9.18 Å². The molecule has 140 valence electrons. The average Bonchev–Trinajstić information content (AvgIpc) is 3.51. The number of hydrogen-bond donors (Lipinski definition) is 1. The highest BCUT2D eigenvalue weighted by atomic mass is 35.5. The second kappa shape index (κ2) is 7.63. The molecule has 1 aliphatic carbocycles. The number of nitriles is 1. The smallest absolute Gasteiger partial charge is 0.337 e. The Bertz CT molecular complexity index is 951. The molecule has 2 aliphatic rings. The zero-order valence-corrected chi connectivity index (χ0v) is 15.7. The topological polar surface area (TPSA) is 75.0 Å². The van der Waals surface area contributed by atoms with E-state index < -0.39 is 11.8 Å². The molecule has 2 heterocycles. The Labute approximate surface area is 163 Å². The van der Waals surface area contributed by atoms with Gasteiger partial charge in [0, 0.05) is 23.7 Å². The van der Waals surface area contributed by atoms with Crippen molar-refractivity contribution in [2.24, 2.45) is 0 Å².